The summed E-state index contributed by atoms with van der Waals surface area (Å²) >= 11 is 0. The van der Waals surface area contributed by atoms with E-state index in [9.17, 15) is 9.59 Å². The van der Waals surface area contributed by atoms with Crippen molar-refractivity contribution in [2.75, 3.05) is 19.0 Å². The van der Waals surface area contributed by atoms with Crippen molar-refractivity contribution in [3.63, 3.8) is 0 Å². The van der Waals surface area contributed by atoms with Crippen molar-refractivity contribution in [3.8, 4) is 11.5 Å². The fraction of sp³-hybridized carbons (Fsp3) is 0.222. The van der Waals surface area contributed by atoms with Crippen LogP contribution in [0, 0.1) is 13.8 Å². The Kier molecular flexibility index (Phi) is 5.42. The number of amides is 1. The van der Waals surface area contributed by atoms with Gasteiger partial charge in [-0.3, -0.25) is 4.79 Å². The molecule has 2 N–H and O–H groups in total. The van der Waals surface area contributed by atoms with Gasteiger partial charge in [0.15, 0.2) is 18.1 Å². The lowest BCUT2D eigenvalue weighted by Crippen LogP contribution is -2.20. The van der Waals surface area contributed by atoms with Crippen molar-refractivity contribution in [2.24, 2.45) is 0 Å². The molecule has 0 bridgehead atoms. The van der Waals surface area contributed by atoms with Gasteiger partial charge in [-0.15, -0.1) is 0 Å². The molecular formula is C18H19NO5. The Hall–Kier alpha value is -3.02. The van der Waals surface area contributed by atoms with Crippen LogP contribution in [0.2, 0.25) is 0 Å². The minimum Gasteiger partial charge on any atom is -0.493 e. The molecule has 0 fully saturated rings. The molecule has 0 unspecified atom stereocenters. The molecule has 0 aromatic heterocycles. The molecule has 2 aromatic carbocycles. The van der Waals surface area contributed by atoms with Gasteiger partial charge < -0.3 is 19.9 Å². The molecule has 0 spiro atoms. The van der Waals surface area contributed by atoms with Crippen LogP contribution in [0.4, 0.5) is 5.69 Å². The average molecular weight is 329 g/mol. The van der Waals surface area contributed by atoms with E-state index in [1.807, 2.05) is 32.0 Å². The predicted octanol–water partition coefficient (Wildman–Crippen LogP) is 3.03. The van der Waals surface area contributed by atoms with Gasteiger partial charge in [0.25, 0.3) is 5.91 Å². The molecule has 0 aliphatic heterocycles. The van der Waals surface area contributed by atoms with Gasteiger partial charge in [-0.05, 0) is 55.3 Å². The number of aromatic carboxylic acids is 1. The summed E-state index contributed by atoms with van der Waals surface area (Å²) in [4.78, 5) is 22.9. The summed E-state index contributed by atoms with van der Waals surface area (Å²) in [7, 11) is 1.41. The highest BCUT2D eigenvalue weighted by Crippen LogP contribution is 2.28. The van der Waals surface area contributed by atoms with Crippen LogP contribution < -0.4 is 14.8 Å². The molecule has 0 saturated heterocycles. The largest absolute Gasteiger partial charge is 0.493 e. The first-order chi connectivity index (χ1) is 11.4. The van der Waals surface area contributed by atoms with Crippen LogP contribution in [0.15, 0.2) is 36.4 Å². The van der Waals surface area contributed by atoms with Crippen LogP contribution in [-0.2, 0) is 4.79 Å². The maximum absolute atomic E-state index is 12.0. The van der Waals surface area contributed by atoms with E-state index < -0.39 is 5.97 Å². The Morgan fingerprint density at radius 1 is 1.04 bits per heavy atom. The van der Waals surface area contributed by atoms with E-state index in [4.69, 9.17) is 14.6 Å². The van der Waals surface area contributed by atoms with E-state index in [2.05, 4.69) is 5.32 Å². The quantitative estimate of drug-likeness (QED) is 0.851. The maximum atomic E-state index is 12.0. The number of carbonyl (C=O) groups is 2. The SMILES string of the molecule is COc1cc(C(=O)O)ccc1OCC(=O)Nc1ccc(C)c(C)c1. The zero-order chi connectivity index (χ0) is 17.7. The summed E-state index contributed by atoms with van der Waals surface area (Å²) in [5.74, 6) is -0.818. The summed E-state index contributed by atoms with van der Waals surface area (Å²) in [5.41, 5.74) is 3.01. The number of anilines is 1. The van der Waals surface area contributed by atoms with E-state index in [0.717, 1.165) is 11.1 Å². The number of carboxylic acids is 1. The molecule has 1 amide bonds. The van der Waals surface area contributed by atoms with Crippen molar-refractivity contribution < 1.29 is 24.2 Å². The first-order valence-electron chi connectivity index (χ1n) is 7.32. The third kappa shape index (κ3) is 4.25. The fourth-order valence-electron chi connectivity index (χ4n) is 2.08. The second-order valence-corrected chi connectivity index (χ2v) is 5.31. The van der Waals surface area contributed by atoms with Crippen molar-refractivity contribution in [2.45, 2.75) is 13.8 Å². The number of hydrogen-bond acceptors (Lipinski definition) is 4. The van der Waals surface area contributed by atoms with Crippen molar-refractivity contribution in [3.05, 3.63) is 53.1 Å². The van der Waals surface area contributed by atoms with Crippen LogP contribution >= 0.6 is 0 Å². The van der Waals surface area contributed by atoms with Gasteiger partial charge in [-0.1, -0.05) is 6.07 Å². The third-order valence-corrected chi connectivity index (χ3v) is 3.56. The van der Waals surface area contributed by atoms with Crippen LogP contribution in [0.3, 0.4) is 0 Å². The zero-order valence-corrected chi connectivity index (χ0v) is 13.8. The topological polar surface area (TPSA) is 84.9 Å². The average Bonchev–Trinajstić information content (AvgIpc) is 2.56. The van der Waals surface area contributed by atoms with Crippen LogP contribution in [0.1, 0.15) is 21.5 Å². The normalized spacial score (nSPS) is 10.1. The number of methoxy groups -OCH3 is 1. The lowest BCUT2D eigenvalue weighted by Gasteiger charge is -2.12. The van der Waals surface area contributed by atoms with E-state index in [1.165, 1.54) is 25.3 Å². The Labute approximate surface area is 140 Å². The van der Waals surface area contributed by atoms with Crippen LogP contribution in [0.5, 0.6) is 11.5 Å². The Balaban J connectivity index is 2.00. The summed E-state index contributed by atoms with van der Waals surface area (Å²) < 4.78 is 10.5. The number of hydrogen-bond donors (Lipinski definition) is 2. The summed E-state index contributed by atoms with van der Waals surface area (Å²) in [6.07, 6.45) is 0. The highest BCUT2D eigenvalue weighted by atomic mass is 16.5. The predicted molar refractivity (Wildman–Crippen MR) is 90.0 cm³/mol. The molecule has 0 radical (unpaired) electrons. The molecule has 2 rings (SSSR count). The molecule has 126 valence electrons. The number of rotatable bonds is 6. The molecule has 0 atom stereocenters. The minimum atomic E-state index is -1.06. The monoisotopic (exact) mass is 329 g/mol. The molecule has 2 aromatic rings. The number of carbonyl (C=O) groups excluding carboxylic acids is 1. The highest BCUT2D eigenvalue weighted by molar-refractivity contribution is 5.92. The van der Waals surface area contributed by atoms with Gasteiger partial charge in [0.05, 0.1) is 12.7 Å². The van der Waals surface area contributed by atoms with E-state index in [1.54, 1.807) is 0 Å². The van der Waals surface area contributed by atoms with Crippen molar-refractivity contribution in [1.29, 1.82) is 0 Å². The van der Waals surface area contributed by atoms with Crippen LogP contribution in [-0.4, -0.2) is 30.7 Å². The molecule has 0 saturated carbocycles. The lowest BCUT2D eigenvalue weighted by atomic mass is 10.1. The molecule has 0 heterocycles. The van der Waals surface area contributed by atoms with Gasteiger partial charge in [0.2, 0.25) is 0 Å². The van der Waals surface area contributed by atoms with E-state index in [0.29, 0.717) is 11.4 Å². The highest BCUT2D eigenvalue weighted by Gasteiger charge is 2.12. The minimum absolute atomic E-state index is 0.0822. The number of benzene rings is 2. The Morgan fingerprint density at radius 2 is 1.79 bits per heavy atom. The van der Waals surface area contributed by atoms with E-state index in [-0.39, 0.29) is 23.8 Å². The summed E-state index contributed by atoms with van der Waals surface area (Å²) in [6.45, 7) is 3.75. The standard InChI is InChI=1S/C18H19NO5/c1-11-4-6-14(8-12(11)2)19-17(20)10-24-15-7-5-13(18(21)22)9-16(15)23-3/h4-9H,10H2,1-3H3,(H,19,20)(H,21,22). The second kappa shape index (κ2) is 7.50. The fourth-order valence-corrected chi connectivity index (χ4v) is 2.08. The molecular weight excluding hydrogens is 310 g/mol. The van der Waals surface area contributed by atoms with Crippen molar-refractivity contribution in [1.82, 2.24) is 0 Å². The summed E-state index contributed by atoms with van der Waals surface area (Å²) in [6, 6.07) is 9.84. The van der Waals surface area contributed by atoms with Gasteiger partial charge in [-0.2, -0.15) is 0 Å². The first kappa shape index (κ1) is 17.3. The molecule has 24 heavy (non-hydrogen) atoms. The molecule has 0 aliphatic carbocycles. The summed E-state index contributed by atoms with van der Waals surface area (Å²) in [5, 5.41) is 11.7. The van der Waals surface area contributed by atoms with E-state index >= 15 is 0 Å². The van der Waals surface area contributed by atoms with Gasteiger partial charge in [0.1, 0.15) is 0 Å². The number of carboxylic acid groups (broad SMARTS) is 1. The first-order valence-corrected chi connectivity index (χ1v) is 7.32. The number of ether oxygens (including phenoxy) is 2. The molecule has 6 heteroatoms. The molecule has 6 nitrogen and oxygen atoms in total. The second-order valence-electron chi connectivity index (χ2n) is 5.31. The maximum Gasteiger partial charge on any atom is 0.335 e. The molecule has 0 aliphatic rings. The lowest BCUT2D eigenvalue weighted by molar-refractivity contribution is -0.118. The van der Waals surface area contributed by atoms with Gasteiger partial charge in [0, 0.05) is 5.69 Å². The van der Waals surface area contributed by atoms with Crippen molar-refractivity contribution >= 4 is 17.6 Å². The number of aryl methyl sites for hydroxylation is 2. The zero-order valence-electron chi connectivity index (χ0n) is 13.8. The number of nitrogens with one attached hydrogen (secondary N) is 1. The Morgan fingerprint density at radius 3 is 2.42 bits per heavy atom. The Bertz CT molecular complexity index is 770. The van der Waals surface area contributed by atoms with Crippen LogP contribution in [0.25, 0.3) is 0 Å². The van der Waals surface area contributed by atoms with Gasteiger partial charge >= 0.3 is 5.97 Å². The smallest absolute Gasteiger partial charge is 0.335 e. The van der Waals surface area contributed by atoms with Gasteiger partial charge in [-0.25, -0.2) is 4.79 Å². The third-order valence-electron chi connectivity index (χ3n) is 3.56.